The van der Waals surface area contributed by atoms with Gasteiger partial charge in [0, 0.05) is 38.5 Å². The van der Waals surface area contributed by atoms with Gasteiger partial charge in [0.05, 0.1) is 5.75 Å². The summed E-state index contributed by atoms with van der Waals surface area (Å²) in [5.74, 6) is 0.314. The number of carbonyl (C=O) groups is 2. The summed E-state index contributed by atoms with van der Waals surface area (Å²) in [7, 11) is -3.36. The van der Waals surface area contributed by atoms with E-state index in [1.165, 1.54) is 4.31 Å². The second kappa shape index (κ2) is 9.99. The van der Waals surface area contributed by atoms with Crippen molar-refractivity contribution in [3.63, 3.8) is 0 Å². The lowest BCUT2D eigenvalue weighted by Crippen LogP contribution is -2.50. The first-order chi connectivity index (χ1) is 12.8. The van der Waals surface area contributed by atoms with E-state index in [2.05, 4.69) is 0 Å². The van der Waals surface area contributed by atoms with Gasteiger partial charge < -0.3 is 4.90 Å². The fraction of sp³-hybridized carbons (Fsp3) is 0.600. The second-order valence-corrected chi connectivity index (χ2v) is 9.25. The maximum atomic E-state index is 12.6. The first-order valence-electron chi connectivity index (χ1n) is 9.59. The lowest BCUT2D eigenvalue weighted by molar-refractivity contribution is -0.132. The third-order valence-corrected chi connectivity index (χ3v) is 7.00. The molecule has 1 aromatic carbocycles. The number of benzene rings is 1. The molecule has 1 aliphatic heterocycles. The van der Waals surface area contributed by atoms with E-state index in [-0.39, 0.29) is 23.4 Å². The number of piperazine rings is 1. The van der Waals surface area contributed by atoms with E-state index in [0.29, 0.717) is 32.6 Å². The highest BCUT2D eigenvalue weighted by Gasteiger charge is 2.28. The largest absolute Gasteiger partial charge is 0.340 e. The molecule has 1 aliphatic rings. The Bertz CT molecular complexity index is 726. The van der Waals surface area contributed by atoms with Crippen LogP contribution in [0, 0.1) is 5.92 Å². The minimum Gasteiger partial charge on any atom is -0.340 e. The van der Waals surface area contributed by atoms with Crippen LogP contribution >= 0.6 is 0 Å². The third-order valence-electron chi connectivity index (χ3n) is 5.15. The van der Waals surface area contributed by atoms with Crippen molar-refractivity contribution >= 4 is 21.7 Å². The monoisotopic (exact) mass is 394 g/mol. The minimum atomic E-state index is -3.36. The van der Waals surface area contributed by atoms with E-state index < -0.39 is 10.0 Å². The highest BCUT2D eigenvalue weighted by molar-refractivity contribution is 7.88. The summed E-state index contributed by atoms with van der Waals surface area (Å²) in [6.45, 7) is 5.10. The van der Waals surface area contributed by atoms with Crippen LogP contribution < -0.4 is 0 Å². The molecule has 0 N–H and O–H groups in total. The molecule has 1 aromatic rings. The van der Waals surface area contributed by atoms with Crippen molar-refractivity contribution in [3.8, 4) is 0 Å². The predicted molar refractivity (Wildman–Crippen MR) is 106 cm³/mol. The van der Waals surface area contributed by atoms with Crippen molar-refractivity contribution < 1.29 is 18.0 Å². The fourth-order valence-corrected chi connectivity index (χ4v) is 4.70. The molecule has 0 aliphatic carbocycles. The quantitative estimate of drug-likeness (QED) is 0.603. The molecule has 0 saturated carbocycles. The molecule has 0 spiro atoms. The minimum absolute atomic E-state index is 0.00385. The number of hydrogen-bond acceptors (Lipinski definition) is 4. The van der Waals surface area contributed by atoms with Crippen molar-refractivity contribution in [1.82, 2.24) is 9.21 Å². The number of ketones is 1. The van der Waals surface area contributed by atoms with Crippen LogP contribution in [0.3, 0.4) is 0 Å². The van der Waals surface area contributed by atoms with E-state index in [0.717, 1.165) is 24.8 Å². The number of hydrogen-bond donors (Lipinski definition) is 0. The van der Waals surface area contributed by atoms with Crippen LogP contribution in [0.2, 0.25) is 0 Å². The van der Waals surface area contributed by atoms with Gasteiger partial charge in [0.15, 0.2) is 0 Å². The number of nitrogens with zero attached hydrogens (tertiary/aromatic N) is 2. The molecule has 7 heteroatoms. The molecule has 6 nitrogen and oxygen atoms in total. The summed E-state index contributed by atoms with van der Waals surface area (Å²) in [6, 6.07) is 9.15. The lowest BCUT2D eigenvalue weighted by atomic mass is 9.99. The third kappa shape index (κ3) is 6.74. The Kier molecular flexibility index (Phi) is 7.98. The zero-order valence-electron chi connectivity index (χ0n) is 16.3. The van der Waals surface area contributed by atoms with Gasteiger partial charge in [-0.05, 0) is 25.3 Å². The Balaban J connectivity index is 1.74. The molecule has 1 heterocycles. The Morgan fingerprint density at radius 2 is 1.67 bits per heavy atom. The molecule has 0 radical (unpaired) electrons. The van der Waals surface area contributed by atoms with Gasteiger partial charge in [-0.3, -0.25) is 9.59 Å². The highest BCUT2D eigenvalue weighted by Crippen LogP contribution is 2.15. The number of carbonyl (C=O) groups excluding carboxylic acids is 2. The summed E-state index contributed by atoms with van der Waals surface area (Å²) >= 11 is 0. The topological polar surface area (TPSA) is 74.8 Å². The standard InChI is InChI=1S/C20H30N2O4S/c1-17(18(2)23)8-6-7-11-20(24)21-12-14-22(15-13-21)27(25,26)16-19-9-4-3-5-10-19/h3-5,9-10,17H,6-8,11-16H2,1-2H3. The number of amides is 1. The Morgan fingerprint density at radius 3 is 2.26 bits per heavy atom. The van der Waals surface area contributed by atoms with Crippen molar-refractivity contribution in [3.05, 3.63) is 35.9 Å². The van der Waals surface area contributed by atoms with Gasteiger partial charge in [0.25, 0.3) is 0 Å². The van der Waals surface area contributed by atoms with E-state index in [4.69, 9.17) is 0 Å². The molecule has 1 saturated heterocycles. The van der Waals surface area contributed by atoms with Crippen LogP contribution in [0.4, 0.5) is 0 Å². The first kappa shape index (κ1) is 21.6. The zero-order valence-corrected chi connectivity index (χ0v) is 17.1. The molecular weight excluding hydrogens is 364 g/mol. The van der Waals surface area contributed by atoms with Crippen LogP contribution in [-0.2, 0) is 25.4 Å². The molecule has 1 atom stereocenters. The summed E-state index contributed by atoms with van der Waals surface area (Å²) in [5, 5.41) is 0. The summed E-state index contributed by atoms with van der Waals surface area (Å²) in [4.78, 5) is 25.3. The molecule has 1 amide bonds. The lowest BCUT2D eigenvalue weighted by Gasteiger charge is -2.34. The molecule has 0 bridgehead atoms. The maximum Gasteiger partial charge on any atom is 0.222 e. The molecular formula is C20H30N2O4S. The molecule has 1 unspecified atom stereocenters. The summed E-state index contributed by atoms with van der Waals surface area (Å²) in [6.07, 6.45) is 2.90. The van der Waals surface area contributed by atoms with E-state index in [1.807, 2.05) is 37.3 Å². The van der Waals surface area contributed by atoms with Gasteiger partial charge in [0.1, 0.15) is 5.78 Å². The average Bonchev–Trinajstić information content (AvgIpc) is 2.65. The SMILES string of the molecule is CC(=O)C(C)CCCCC(=O)N1CCN(S(=O)(=O)Cc2ccccc2)CC1. The maximum absolute atomic E-state index is 12.6. The number of rotatable bonds is 9. The molecule has 2 rings (SSSR count). The van der Waals surface area contributed by atoms with Gasteiger partial charge in [-0.1, -0.05) is 43.7 Å². The van der Waals surface area contributed by atoms with Crippen LogP contribution in [0.25, 0.3) is 0 Å². The number of sulfonamides is 1. The van der Waals surface area contributed by atoms with Crippen molar-refractivity contribution in [2.45, 2.75) is 45.3 Å². The number of Topliss-reactive ketones (excluding diaryl/α,β-unsaturated/α-hetero) is 1. The second-order valence-electron chi connectivity index (χ2n) is 7.28. The highest BCUT2D eigenvalue weighted by atomic mass is 32.2. The summed E-state index contributed by atoms with van der Waals surface area (Å²) in [5.41, 5.74) is 0.774. The zero-order chi connectivity index (χ0) is 19.9. The normalized spacial score (nSPS) is 16.9. The van der Waals surface area contributed by atoms with Gasteiger partial charge in [-0.2, -0.15) is 4.31 Å². The Morgan fingerprint density at radius 1 is 1.04 bits per heavy atom. The van der Waals surface area contributed by atoms with Gasteiger partial charge in [-0.15, -0.1) is 0 Å². The number of unbranched alkanes of at least 4 members (excludes halogenated alkanes) is 1. The summed E-state index contributed by atoms with van der Waals surface area (Å²) < 4.78 is 26.6. The van der Waals surface area contributed by atoms with Gasteiger partial charge >= 0.3 is 0 Å². The fourth-order valence-electron chi connectivity index (χ4n) is 3.18. The Labute approximate surface area is 162 Å². The van der Waals surface area contributed by atoms with Crippen molar-refractivity contribution in [2.24, 2.45) is 5.92 Å². The van der Waals surface area contributed by atoms with Gasteiger partial charge in [0.2, 0.25) is 15.9 Å². The van der Waals surface area contributed by atoms with Gasteiger partial charge in [-0.25, -0.2) is 8.42 Å². The van der Waals surface area contributed by atoms with E-state index >= 15 is 0 Å². The average molecular weight is 395 g/mol. The van der Waals surface area contributed by atoms with Crippen LogP contribution in [-0.4, -0.2) is 55.5 Å². The van der Waals surface area contributed by atoms with E-state index in [1.54, 1.807) is 11.8 Å². The predicted octanol–water partition coefficient (Wildman–Crippen LogP) is 2.45. The van der Waals surface area contributed by atoms with E-state index in [9.17, 15) is 18.0 Å². The van der Waals surface area contributed by atoms with Crippen LogP contribution in [0.1, 0.15) is 45.1 Å². The molecule has 150 valence electrons. The smallest absolute Gasteiger partial charge is 0.222 e. The first-order valence-corrected chi connectivity index (χ1v) is 11.2. The van der Waals surface area contributed by atoms with Crippen LogP contribution in [0.5, 0.6) is 0 Å². The van der Waals surface area contributed by atoms with Crippen molar-refractivity contribution in [2.75, 3.05) is 26.2 Å². The van der Waals surface area contributed by atoms with Crippen molar-refractivity contribution in [1.29, 1.82) is 0 Å². The Hall–Kier alpha value is -1.73. The van der Waals surface area contributed by atoms with Crippen LogP contribution in [0.15, 0.2) is 30.3 Å². The molecule has 1 fully saturated rings. The molecule has 0 aromatic heterocycles. The molecule has 27 heavy (non-hydrogen) atoms.